The molecule has 19 heavy (non-hydrogen) atoms. The van der Waals surface area contributed by atoms with E-state index in [0.29, 0.717) is 6.33 Å². The Morgan fingerprint density at radius 3 is 1.63 bits per heavy atom. The first kappa shape index (κ1) is 15.2. The van der Waals surface area contributed by atoms with Crippen molar-refractivity contribution in [3.8, 4) is 0 Å². The molecular weight excluding hydrogens is 280 g/mol. The van der Waals surface area contributed by atoms with Crippen LogP contribution in [0.4, 0.5) is 26.3 Å². The average Bonchev–Trinajstić information content (AvgIpc) is 2.11. The Hall–Kier alpha value is -1.87. The molecule has 0 saturated heterocycles. The summed E-state index contributed by atoms with van der Waals surface area (Å²) in [5.41, 5.74) is 2.13. The van der Waals surface area contributed by atoms with Gasteiger partial charge in [0.25, 0.3) is 5.91 Å². The first-order chi connectivity index (χ1) is 8.49. The Morgan fingerprint density at radius 1 is 1.00 bits per heavy atom. The number of primary amides is 1. The lowest BCUT2D eigenvalue weighted by Crippen LogP contribution is -2.25. The van der Waals surface area contributed by atoms with Gasteiger partial charge in [-0.3, -0.25) is 4.79 Å². The number of halogens is 6. The highest BCUT2D eigenvalue weighted by atomic mass is 19.4. The zero-order valence-corrected chi connectivity index (χ0v) is 9.14. The van der Waals surface area contributed by atoms with Crippen molar-refractivity contribution in [2.75, 3.05) is 0 Å². The van der Waals surface area contributed by atoms with Crippen molar-refractivity contribution in [2.24, 2.45) is 5.73 Å². The number of carbonyl (C=O) groups excluding carboxylic acids is 1. The van der Waals surface area contributed by atoms with Crippen LogP contribution in [-0.4, -0.2) is 28.2 Å². The fourth-order valence-corrected chi connectivity index (χ4v) is 1.40. The van der Waals surface area contributed by atoms with Crippen LogP contribution in [0, 0.1) is 0 Å². The molecule has 106 valence electrons. The molecule has 4 nitrogen and oxygen atoms in total. The van der Waals surface area contributed by atoms with E-state index in [2.05, 4.69) is 9.97 Å². The lowest BCUT2D eigenvalue weighted by molar-refractivity contribution is -0.128. The van der Waals surface area contributed by atoms with E-state index in [0.717, 1.165) is 0 Å². The second kappa shape index (κ2) is 5.02. The zero-order valence-electron chi connectivity index (χ0n) is 9.14. The number of aromatic nitrogens is 2. The normalized spacial score (nSPS) is 12.5. The summed E-state index contributed by atoms with van der Waals surface area (Å²) in [5, 5.41) is 0. The molecule has 0 aliphatic heterocycles. The zero-order chi connectivity index (χ0) is 14.8. The van der Waals surface area contributed by atoms with Crippen LogP contribution >= 0.6 is 0 Å². The maximum absolute atomic E-state index is 12.2. The van der Waals surface area contributed by atoms with E-state index in [1.807, 2.05) is 0 Å². The summed E-state index contributed by atoms with van der Waals surface area (Å²) in [5.74, 6) is -1.43. The second-order valence-corrected chi connectivity index (χ2v) is 3.59. The number of hydrogen-bond donors (Lipinski definition) is 1. The monoisotopic (exact) mass is 287 g/mol. The van der Waals surface area contributed by atoms with Gasteiger partial charge in [-0.2, -0.15) is 26.3 Å². The van der Waals surface area contributed by atoms with Gasteiger partial charge in [0.15, 0.2) is 0 Å². The fraction of sp³-hybridized carbons (Fsp3) is 0.444. The highest BCUT2D eigenvalue weighted by Gasteiger charge is 2.35. The van der Waals surface area contributed by atoms with Crippen LogP contribution in [-0.2, 0) is 12.8 Å². The van der Waals surface area contributed by atoms with Crippen molar-refractivity contribution in [1.29, 1.82) is 0 Å². The highest BCUT2D eigenvalue weighted by molar-refractivity contribution is 5.95. The molecular formula is C9H7F6N3O. The Kier molecular flexibility index (Phi) is 4.01. The second-order valence-electron chi connectivity index (χ2n) is 3.59. The minimum atomic E-state index is -4.73. The largest absolute Gasteiger partial charge is 0.394 e. The van der Waals surface area contributed by atoms with E-state index < -0.39 is 48.1 Å². The topological polar surface area (TPSA) is 68.9 Å². The van der Waals surface area contributed by atoms with Gasteiger partial charge in [0.05, 0.1) is 29.8 Å². The highest BCUT2D eigenvalue weighted by Crippen LogP contribution is 2.26. The molecule has 0 fully saturated rings. The molecule has 0 aliphatic carbocycles. The molecule has 0 spiro atoms. The number of nitrogens with two attached hydrogens (primary N) is 1. The molecule has 1 aromatic heterocycles. The molecule has 0 aromatic carbocycles. The Balaban J connectivity index is 3.26. The van der Waals surface area contributed by atoms with Crippen LogP contribution in [0.15, 0.2) is 6.33 Å². The van der Waals surface area contributed by atoms with Crippen molar-refractivity contribution in [1.82, 2.24) is 9.97 Å². The maximum Gasteiger partial charge on any atom is 0.394 e. The van der Waals surface area contributed by atoms with Gasteiger partial charge in [0.2, 0.25) is 0 Å². The third kappa shape index (κ3) is 4.72. The van der Waals surface area contributed by atoms with Crippen LogP contribution in [0.3, 0.4) is 0 Å². The Morgan fingerprint density at radius 2 is 1.37 bits per heavy atom. The standard InChI is InChI=1S/C9H7F6N3O/c10-8(11,12)1-4-6(7(16)19)5(18-3-17-4)2-9(13,14)15/h3H,1-2H2,(H2,16,19). The SMILES string of the molecule is NC(=O)c1c(CC(F)(F)F)ncnc1CC(F)(F)F. The minimum Gasteiger partial charge on any atom is -0.365 e. The first-order valence-electron chi connectivity index (χ1n) is 4.75. The van der Waals surface area contributed by atoms with Gasteiger partial charge in [0, 0.05) is 0 Å². The van der Waals surface area contributed by atoms with Crippen molar-refractivity contribution < 1.29 is 31.1 Å². The van der Waals surface area contributed by atoms with E-state index in [1.165, 1.54) is 0 Å². The lowest BCUT2D eigenvalue weighted by Gasteiger charge is -2.13. The van der Waals surface area contributed by atoms with E-state index in [4.69, 9.17) is 5.73 Å². The van der Waals surface area contributed by atoms with Gasteiger partial charge in [-0.15, -0.1) is 0 Å². The lowest BCUT2D eigenvalue weighted by atomic mass is 10.1. The third-order valence-corrected chi connectivity index (χ3v) is 1.99. The smallest absolute Gasteiger partial charge is 0.365 e. The van der Waals surface area contributed by atoms with Crippen LogP contribution < -0.4 is 5.73 Å². The van der Waals surface area contributed by atoms with Gasteiger partial charge in [-0.05, 0) is 0 Å². The number of hydrogen-bond acceptors (Lipinski definition) is 3. The van der Waals surface area contributed by atoms with Crippen molar-refractivity contribution in [3.63, 3.8) is 0 Å². The van der Waals surface area contributed by atoms with Gasteiger partial charge in [-0.25, -0.2) is 9.97 Å². The minimum absolute atomic E-state index is 0.536. The van der Waals surface area contributed by atoms with Crippen molar-refractivity contribution >= 4 is 5.91 Å². The molecule has 0 saturated carbocycles. The summed E-state index contributed by atoms with van der Waals surface area (Å²) >= 11 is 0. The first-order valence-corrected chi connectivity index (χ1v) is 4.75. The molecule has 0 bridgehead atoms. The van der Waals surface area contributed by atoms with Crippen molar-refractivity contribution in [3.05, 3.63) is 23.3 Å². The maximum atomic E-state index is 12.2. The molecule has 1 aromatic rings. The number of rotatable bonds is 3. The summed E-state index contributed by atoms with van der Waals surface area (Å²) in [6.45, 7) is 0. The third-order valence-electron chi connectivity index (χ3n) is 1.99. The molecule has 0 radical (unpaired) electrons. The summed E-state index contributed by atoms with van der Waals surface area (Å²) in [4.78, 5) is 17.4. The van der Waals surface area contributed by atoms with Gasteiger partial charge in [-0.1, -0.05) is 0 Å². The molecule has 0 atom stereocenters. The van der Waals surface area contributed by atoms with Crippen LogP contribution in [0.1, 0.15) is 21.7 Å². The molecule has 0 unspecified atom stereocenters. The van der Waals surface area contributed by atoms with Crippen LogP contribution in [0.2, 0.25) is 0 Å². The number of carbonyl (C=O) groups is 1. The molecule has 0 aliphatic rings. The van der Waals surface area contributed by atoms with E-state index in [-0.39, 0.29) is 0 Å². The predicted molar refractivity (Wildman–Crippen MR) is 50.1 cm³/mol. The molecule has 2 N–H and O–H groups in total. The predicted octanol–water partition coefficient (Wildman–Crippen LogP) is 1.79. The summed E-state index contributed by atoms with van der Waals surface area (Å²) < 4.78 is 73.3. The van der Waals surface area contributed by atoms with Gasteiger partial charge < -0.3 is 5.73 Å². The summed E-state index contributed by atoms with van der Waals surface area (Å²) in [7, 11) is 0. The Labute approximate surface area is 102 Å². The van der Waals surface area contributed by atoms with Gasteiger partial charge in [0.1, 0.15) is 6.33 Å². The van der Waals surface area contributed by atoms with E-state index in [1.54, 1.807) is 0 Å². The molecule has 1 heterocycles. The summed E-state index contributed by atoms with van der Waals surface area (Å²) in [6.07, 6.45) is -12.2. The van der Waals surface area contributed by atoms with E-state index in [9.17, 15) is 31.1 Å². The number of alkyl halides is 6. The number of nitrogens with zero attached hydrogens (tertiary/aromatic N) is 2. The Bertz CT molecular complexity index is 448. The average molecular weight is 287 g/mol. The quantitative estimate of drug-likeness (QED) is 0.862. The number of amides is 1. The fourth-order valence-electron chi connectivity index (χ4n) is 1.40. The van der Waals surface area contributed by atoms with E-state index >= 15 is 0 Å². The van der Waals surface area contributed by atoms with Crippen LogP contribution in [0.25, 0.3) is 0 Å². The summed E-state index contributed by atoms with van der Waals surface area (Å²) in [6, 6.07) is 0. The molecule has 1 rings (SSSR count). The van der Waals surface area contributed by atoms with Crippen LogP contribution in [0.5, 0.6) is 0 Å². The van der Waals surface area contributed by atoms with Gasteiger partial charge >= 0.3 is 12.4 Å². The molecule has 10 heteroatoms. The van der Waals surface area contributed by atoms with Crippen molar-refractivity contribution in [2.45, 2.75) is 25.2 Å². The molecule has 1 amide bonds.